The fourth-order valence-corrected chi connectivity index (χ4v) is 5.97. The van der Waals surface area contributed by atoms with Gasteiger partial charge >= 0.3 is 12.1 Å². The molecule has 242 valence electrons. The van der Waals surface area contributed by atoms with Gasteiger partial charge in [-0.05, 0) is 32.5 Å². The first-order valence-corrected chi connectivity index (χ1v) is 15.1. The van der Waals surface area contributed by atoms with E-state index < -0.39 is 31.8 Å². The lowest BCUT2D eigenvalue weighted by Crippen LogP contribution is -2.46. The van der Waals surface area contributed by atoms with Crippen LogP contribution >= 0.6 is 8.46 Å². The van der Waals surface area contributed by atoms with Crippen LogP contribution in [0.1, 0.15) is 30.5 Å². The maximum atomic E-state index is 14.5. The number of hydroxylamine groups is 2. The van der Waals surface area contributed by atoms with Gasteiger partial charge in [0.25, 0.3) is 0 Å². The van der Waals surface area contributed by atoms with Gasteiger partial charge in [0, 0.05) is 38.2 Å². The third-order valence-corrected chi connectivity index (χ3v) is 8.20. The van der Waals surface area contributed by atoms with Gasteiger partial charge in [0.1, 0.15) is 6.61 Å². The maximum Gasteiger partial charge on any atom is 0.416 e. The molecule has 0 saturated heterocycles. The Labute approximate surface area is 257 Å². The summed E-state index contributed by atoms with van der Waals surface area (Å²) < 4.78 is 78.8. The van der Waals surface area contributed by atoms with Crippen molar-refractivity contribution in [1.29, 1.82) is 0 Å². The van der Waals surface area contributed by atoms with E-state index in [-0.39, 0.29) is 60.9 Å². The second-order valence-corrected chi connectivity index (χ2v) is 10.9. The molecule has 0 saturated carbocycles. The Balaban J connectivity index is 2.14. The highest BCUT2D eigenvalue weighted by Crippen LogP contribution is 2.54. The molecule has 1 aliphatic rings. The number of esters is 1. The fraction of sp³-hybridized carbons (Fsp3) is 0.452. The van der Waals surface area contributed by atoms with Gasteiger partial charge in [0.15, 0.2) is 5.60 Å². The number of nitrogens with zero attached hydrogens (tertiary/aromatic N) is 2. The van der Waals surface area contributed by atoms with E-state index in [0.29, 0.717) is 13.1 Å². The van der Waals surface area contributed by atoms with Crippen LogP contribution in [0, 0.1) is 0 Å². The van der Waals surface area contributed by atoms with Crippen LogP contribution in [0.15, 0.2) is 76.9 Å². The molecule has 9 nitrogen and oxygen atoms in total. The summed E-state index contributed by atoms with van der Waals surface area (Å²) in [5.41, 5.74) is -2.46. The Bertz CT molecular complexity index is 1340. The van der Waals surface area contributed by atoms with E-state index in [4.69, 9.17) is 23.8 Å². The number of hydrogen-bond acceptors (Lipinski definition) is 9. The van der Waals surface area contributed by atoms with E-state index in [1.54, 1.807) is 6.92 Å². The number of benzene rings is 2. The van der Waals surface area contributed by atoms with Crippen molar-refractivity contribution in [2.24, 2.45) is 0 Å². The summed E-state index contributed by atoms with van der Waals surface area (Å²) in [6, 6.07) is 14.5. The molecule has 13 heteroatoms. The summed E-state index contributed by atoms with van der Waals surface area (Å²) >= 11 is 0. The number of carbonyl (C=O) groups excluding carboxylic acids is 1. The van der Waals surface area contributed by atoms with Gasteiger partial charge < -0.3 is 23.5 Å². The van der Waals surface area contributed by atoms with Crippen LogP contribution in [0.4, 0.5) is 13.2 Å². The molecule has 2 aromatic rings. The molecule has 0 amide bonds. The van der Waals surface area contributed by atoms with Crippen LogP contribution in [0.5, 0.6) is 0 Å². The van der Waals surface area contributed by atoms with Crippen LogP contribution in [-0.2, 0) is 51.5 Å². The van der Waals surface area contributed by atoms with E-state index in [1.165, 1.54) is 44.4 Å². The van der Waals surface area contributed by atoms with Crippen molar-refractivity contribution in [3.63, 3.8) is 0 Å². The lowest BCUT2D eigenvalue weighted by atomic mass is 9.78. The Hall–Kier alpha value is -2.99. The average molecular weight is 641 g/mol. The zero-order chi connectivity index (χ0) is 32.3. The highest BCUT2D eigenvalue weighted by Gasteiger charge is 2.54. The predicted octanol–water partition coefficient (Wildman–Crippen LogP) is 5.39. The van der Waals surface area contributed by atoms with Crippen molar-refractivity contribution in [1.82, 2.24) is 9.96 Å². The van der Waals surface area contributed by atoms with E-state index in [0.717, 1.165) is 11.6 Å². The number of carbonyl (C=O) groups is 1. The van der Waals surface area contributed by atoms with E-state index in [1.807, 2.05) is 42.3 Å². The summed E-state index contributed by atoms with van der Waals surface area (Å²) in [5, 5.41) is 1.24. The van der Waals surface area contributed by atoms with Crippen LogP contribution in [0.2, 0.25) is 0 Å². The number of rotatable bonds is 16. The first kappa shape index (κ1) is 35.5. The van der Waals surface area contributed by atoms with Crippen LogP contribution in [0.3, 0.4) is 0 Å². The van der Waals surface area contributed by atoms with Crippen molar-refractivity contribution in [3.05, 3.63) is 93.6 Å². The number of methoxy groups -OCH3 is 2. The van der Waals surface area contributed by atoms with Crippen molar-refractivity contribution < 1.29 is 46.3 Å². The third-order valence-electron chi connectivity index (χ3n) is 7.14. The molecule has 0 aliphatic carbocycles. The molecule has 0 N–H and O–H groups in total. The summed E-state index contributed by atoms with van der Waals surface area (Å²) in [4.78, 5) is 21.9. The molecular weight excluding hydrogens is 600 g/mol. The summed E-state index contributed by atoms with van der Waals surface area (Å²) in [7, 11) is 2.83. The molecule has 0 bridgehead atoms. The Morgan fingerprint density at radius 1 is 0.909 bits per heavy atom. The van der Waals surface area contributed by atoms with Crippen LogP contribution in [-0.4, -0.2) is 76.8 Å². The van der Waals surface area contributed by atoms with Crippen molar-refractivity contribution in [3.8, 4) is 0 Å². The molecule has 2 atom stereocenters. The molecule has 1 aliphatic heterocycles. The molecule has 3 rings (SSSR count). The molecular formula is C31H40F3N2O7P. The Morgan fingerprint density at radius 2 is 1.55 bits per heavy atom. The standard InChI is InChI=1S/C31H40F3N2O7P/c1-22-27(29(37)41-16-15-35(3)21-24-11-7-6-8-12-24)30(42-19-17-39-4,25-13-9-10-14-26(25)31(32,33)34)28(44-38)23(2)36(22)43-20-18-40-5/h6-14H,15-21,44H2,1-5H3. The normalized spacial score (nSPS) is 17.8. The minimum atomic E-state index is -4.82. The summed E-state index contributed by atoms with van der Waals surface area (Å²) in [6.45, 7) is 3.97. The monoisotopic (exact) mass is 640 g/mol. The number of hydrogen-bond donors (Lipinski definition) is 0. The summed E-state index contributed by atoms with van der Waals surface area (Å²) in [5.74, 6) is -0.928. The topological polar surface area (TPSA) is 86.8 Å². The van der Waals surface area contributed by atoms with E-state index >= 15 is 0 Å². The van der Waals surface area contributed by atoms with Gasteiger partial charge in [-0.1, -0.05) is 48.5 Å². The largest absolute Gasteiger partial charge is 0.461 e. The van der Waals surface area contributed by atoms with Gasteiger partial charge in [-0.25, -0.2) is 9.86 Å². The van der Waals surface area contributed by atoms with E-state index in [9.17, 15) is 22.5 Å². The van der Waals surface area contributed by atoms with Crippen molar-refractivity contribution >= 4 is 14.4 Å². The number of alkyl halides is 3. The third kappa shape index (κ3) is 8.18. The highest BCUT2D eigenvalue weighted by molar-refractivity contribution is 7.29. The highest BCUT2D eigenvalue weighted by atomic mass is 31.1. The maximum absolute atomic E-state index is 14.5. The number of halogens is 3. The molecule has 0 spiro atoms. The molecule has 44 heavy (non-hydrogen) atoms. The van der Waals surface area contributed by atoms with Crippen molar-refractivity contribution in [2.75, 3.05) is 60.8 Å². The lowest BCUT2D eigenvalue weighted by molar-refractivity contribution is -0.152. The predicted molar refractivity (Wildman–Crippen MR) is 160 cm³/mol. The molecule has 0 radical (unpaired) electrons. The Kier molecular flexibility index (Phi) is 13.2. The number of ether oxygens (including phenoxy) is 4. The van der Waals surface area contributed by atoms with Gasteiger partial charge in [-0.3, -0.25) is 9.74 Å². The molecule has 0 aromatic heterocycles. The van der Waals surface area contributed by atoms with E-state index in [2.05, 4.69) is 0 Å². The van der Waals surface area contributed by atoms with Gasteiger partial charge in [-0.2, -0.15) is 13.2 Å². The lowest BCUT2D eigenvalue weighted by Gasteiger charge is -2.44. The SMILES string of the molecule is COCCON1C(C)=C([PH2]=O)C(OCCOC)(c2ccccc2C(F)(F)F)C(C(=O)OCCN(C)Cc2ccccc2)=C1C. The minimum Gasteiger partial charge on any atom is -0.461 e. The molecule has 2 aromatic carbocycles. The fourth-order valence-electron chi connectivity index (χ4n) is 5.14. The van der Waals surface area contributed by atoms with Crippen molar-refractivity contribution in [2.45, 2.75) is 32.2 Å². The van der Waals surface area contributed by atoms with Crippen LogP contribution < -0.4 is 0 Å². The zero-order valence-corrected chi connectivity index (χ0v) is 26.8. The van der Waals surface area contributed by atoms with Gasteiger partial charge in [0.2, 0.25) is 0 Å². The zero-order valence-electron chi connectivity index (χ0n) is 25.6. The number of allylic oxidation sites excluding steroid dienone is 2. The Morgan fingerprint density at radius 3 is 2.18 bits per heavy atom. The molecule has 0 fully saturated rings. The average Bonchev–Trinajstić information content (AvgIpc) is 2.99. The quantitative estimate of drug-likeness (QED) is 0.136. The second-order valence-electron chi connectivity index (χ2n) is 10.1. The smallest absolute Gasteiger partial charge is 0.416 e. The second kappa shape index (κ2) is 16.4. The minimum absolute atomic E-state index is 0.00381. The van der Waals surface area contributed by atoms with Gasteiger partial charge in [-0.15, -0.1) is 0 Å². The first-order valence-electron chi connectivity index (χ1n) is 14.0. The first-order chi connectivity index (χ1) is 21.0. The van der Waals surface area contributed by atoms with Gasteiger partial charge in [0.05, 0.1) is 57.4 Å². The van der Waals surface area contributed by atoms with Crippen LogP contribution in [0.25, 0.3) is 0 Å². The number of likely N-dealkylation sites (N-methyl/N-ethyl adjacent to an activating group) is 1. The summed E-state index contributed by atoms with van der Waals surface area (Å²) in [6.07, 6.45) is -4.82. The molecule has 1 heterocycles. The molecule has 2 unspecified atom stereocenters.